The van der Waals surface area contributed by atoms with E-state index in [-0.39, 0.29) is 0 Å². The van der Waals surface area contributed by atoms with Crippen LogP contribution in [0.4, 0.5) is 0 Å². The fraction of sp³-hybridized carbons (Fsp3) is 0.692. The van der Waals surface area contributed by atoms with Crippen LogP contribution < -0.4 is 5.32 Å². The first-order chi connectivity index (χ1) is 7.79. The fourth-order valence-electron chi connectivity index (χ4n) is 2.88. The molecule has 1 aromatic rings. The van der Waals surface area contributed by atoms with E-state index in [1.54, 1.807) is 0 Å². The van der Waals surface area contributed by atoms with Gasteiger partial charge in [-0.2, -0.15) is 0 Å². The summed E-state index contributed by atoms with van der Waals surface area (Å²) in [6, 6.07) is 4.43. The molecule has 0 bridgehead atoms. The topological polar surface area (TPSA) is 15.3 Å². The Kier molecular flexibility index (Phi) is 2.78. The van der Waals surface area contributed by atoms with Gasteiger partial charge in [0.2, 0.25) is 0 Å². The molecule has 1 saturated heterocycles. The minimum Gasteiger partial charge on any atom is -0.314 e. The zero-order valence-electron chi connectivity index (χ0n) is 9.91. The third-order valence-electron chi connectivity index (χ3n) is 4.15. The van der Waals surface area contributed by atoms with Crippen LogP contribution in [-0.4, -0.2) is 30.1 Å². The lowest BCUT2D eigenvalue weighted by Gasteiger charge is -2.45. The maximum absolute atomic E-state index is 3.57. The monoisotopic (exact) mass is 236 g/mol. The van der Waals surface area contributed by atoms with Gasteiger partial charge >= 0.3 is 0 Å². The smallest absolute Gasteiger partial charge is 0.0338 e. The van der Waals surface area contributed by atoms with Gasteiger partial charge in [-0.05, 0) is 37.1 Å². The number of hydrogen-bond donors (Lipinski definition) is 1. The van der Waals surface area contributed by atoms with Crippen molar-refractivity contribution in [2.45, 2.75) is 31.8 Å². The lowest BCUT2D eigenvalue weighted by molar-refractivity contribution is 0.0494. The second-order valence-corrected chi connectivity index (χ2v) is 6.34. The number of nitrogens with zero attached hydrogens (tertiary/aromatic N) is 1. The molecule has 2 nitrogen and oxygen atoms in total. The Morgan fingerprint density at radius 3 is 3.12 bits per heavy atom. The Labute approximate surface area is 102 Å². The molecular weight excluding hydrogens is 216 g/mol. The maximum atomic E-state index is 3.57. The number of nitrogens with one attached hydrogen (secondary N) is 1. The van der Waals surface area contributed by atoms with Crippen LogP contribution in [0.1, 0.15) is 24.6 Å². The lowest BCUT2D eigenvalue weighted by atomic mass is 9.91. The van der Waals surface area contributed by atoms with Crippen molar-refractivity contribution in [1.82, 2.24) is 10.2 Å². The van der Waals surface area contributed by atoms with Gasteiger partial charge in [0.15, 0.2) is 0 Å². The van der Waals surface area contributed by atoms with E-state index in [1.165, 1.54) is 30.8 Å². The summed E-state index contributed by atoms with van der Waals surface area (Å²) >= 11 is 1.89. The zero-order valence-corrected chi connectivity index (χ0v) is 10.7. The standard InChI is InChI=1S/C13H20N2S/c1-13(11-4-5-11)10-14-6-7-15(13)9-12-3-2-8-16-12/h2-3,8,11,14H,4-7,9-10H2,1H3. The van der Waals surface area contributed by atoms with E-state index in [4.69, 9.17) is 0 Å². The molecule has 3 rings (SSSR count). The van der Waals surface area contributed by atoms with E-state index < -0.39 is 0 Å². The van der Waals surface area contributed by atoms with E-state index >= 15 is 0 Å². The summed E-state index contributed by atoms with van der Waals surface area (Å²) in [4.78, 5) is 4.21. The molecule has 16 heavy (non-hydrogen) atoms. The first kappa shape index (κ1) is 10.8. The van der Waals surface area contributed by atoms with E-state index in [1.807, 2.05) is 11.3 Å². The van der Waals surface area contributed by atoms with Crippen LogP contribution in [-0.2, 0) is 6.54 Å². The molecular formula is C13H20N2S. The van der Waals surface area contributed by atoms with Gasteiger partial charge in [0, 0.05) is 36.6 Å². The summed E-state index contributed by atoms with van der Waals surface area (Å²) in [5.41, 5.74) is 0.405. The third kappa shape index (κ3) is 1.92. The number of hydrogen-bond acceptors (Lipinski definition) is 3. The number of rotatable bonds is 3. The molecule has 1 atom stereocenters. The van der Waals surface area contributed by atoms with Gasteiger partial charge in [-0.1, -0.05) is 6.07 Å². The Morgan fingerprint density at radius 1 is 1.56 bits per heavy atom. The molecule has 1 aliphatic carbocycles. The Bertz CT molecular complexity index is 345. The molecule has 2 heterocycles. The van der Waals surface area contributed by atoms with Gasteiger partial charge in [-0.15, -0.1) is 11.3 Å². The minimum absolute atomic E-state index is 0.405. The largest absolute Gasteiger partial charge is 0.314 e. The van der Waals surface area contributed by atoms with Crippen molar-refractivity contribution in [3.63, 3.8) is 0 Å². The molecule has 88 valence electrons. The molecule has 2 fully saturated rings. The van der Waals surface area contributed by atoms with E-state index in [0.717, 1.165) is 19.0 Å². The van der Waals surface area contributed by atoms with Crippen molar-refractivity contribution in [3.05, 3.63) is 22.4 Å². The molecule has 0 amide bonds. The van der Waals surface area contributed by atoms with Crippen LogP contribution in [0.15, 0.2) is 17.5 Å². The highest BCUT2D eigenvalue weighted by atomic mass is 32.1. The van der Waals surface area contributed by atoms with Crippen LogP contribution in [0.25, 0.3) is 0 Å². The molecule has 1 saturated carbocycles. The van der Waals surface area contributed by atoms with Gasteiger partial charge in [-0.3, -0.25) is 4.90 Å². The van der Waals surface area contributed by atoms with Gasteiger partial charge in [-0.25, -0.2) is 0 Å². The van der Waals surface area contributed by atoms with Crippen molar-refractivity contribution < 1.29 is 0 Å². The second-order valence-electron chi connectivity index (χ2n) is 5.31. The van der Waals surface area contributed by atoms with Crippen LogP contribution >= 0.6 is 11.3 Å². The first-order valence-corrected chi connectivity index (χ1v) is 7.15. The average Bonchev–Trinajstić information content (AvgIpc) is 3.03. The highest BCUT2D eigenvalue weighted by Gasteiger charge is 2.46. The van der Waals surface area contributed by atoms with E-state index in [0.29, 0.717) is 5.54 Å². The van der Waals surface area contributed by atoms with Gasteiger partial charge in [0.05, 0.1) is 0 Å². The second kappa shape index (κ2) is 4.13. The average molecular weight is 236 g/mol. The van der Waals surface area contributed by atoms with Crippen LogP contribution in [0.2, 0.25) is 0 Å². The first-order valence-electron chi connectivity index (χ1n) is 6.27. The summed E-state index contributed by atoms with van der Waals surface area (Å²) in [6.45, 7) is 7.11. The minimum atomic E-state index is 0.405. The van der Waals surface area contributed by atoms with Gasteiger partial charge < -0.3 is 5.32 Å². The molecule has 0 spiro atoms. The van der Waals surface area contributed by atoms with Crippen LogP contribution in [0, 0.1) is 5.92 Å². The van der Waals surface area contributed by atoms with Crippen molar-refractivity contribution >= 4 is 11.3 Å². The third-order valence-corrected chi connectivity index (χ3v) is 5.01. The molecule has 1 N–H and O–H groups in total. The summed E-state index contributed by atoms with van der Waals surface area (Å²) in [5.74, 6) is 0.931. The summed E-state index contributed by atoms with van der Waals surface area (Å²) in [6.07, 6.45) is 2.86. The van der Waals surface area contributed by atoms with Crippen molar-refractivity contribution in [2.24, 2.45) is 5.92 Å². The number of piperazine rings is 1. The Morgan fingerprint density at radius 2 is 2.44 bits per heavy atom. The van der Waals surface area contributed by atoms with Crippen LogP contribution in [0.3, 0.4) is 0 Å². The SMILES string of the molecule is CC1(C2CC2)CNCCN1Cc1cccs1. The predicted octanol–water partition coefficient (Wildman–Crippen LogP) is 2.32. The molecule has 0 radical (unpaired) electrons. The van der Waals surface area contributed by atoms with Crippen molar-refractivity contribution in [2.75, 3.05) is 19.6 Å². The Hall–Kier alpha value is -0.380. The van der Waals surface area contributed by atoms with Crippen molar-refractivity contribution in [1.29, 1.82) is 0 Å². The maximum Gasteiger partial charge on any atom is 0.0338 e. The quantitative estimate of drug-likeness (QED) is 0.866. The fourth-order valence-corrected chi connectivity index (χ4v) is 3.60. The molecule has 0 aromatic carbocycles. The normalized spacial score (nSPS) is 31.8. The predicted molar refractivity (Wildman–Crippen MR) is 68.7 cm³/mol. The summed E-state index contributed by atoms with van der Waals surface area (Å²) in [5, 5.41) is 5.75. The highest BCUT2D eigenvalue weighted by Crippen LogP contribution is 2.44. The summed E-state index contributed by atoms with van der Waals surface area (Å²) < 4.78 is 0. The van der Waals surface area contributed by atoms with Gasteiger partial charge in [0.25, 0.3) is 0 Å². The molecule has 1 unspecified atom stereocenters. The molecule has 1 aliphatic heterocycles. The molecule has 2 aliphatic rings. The highest BCUT2D eigenvalue weighted by molar-refractivity contribution is 7.09. The number of thiophene rings is 1. The lowest BCUT2D eigenvalue weighted by Crippen LogP contribution is -2.60. The van der Waals surface area contributed by atoms with Gasteiger partial charge in [0.1, 0.15) is 0 Å². The Balaban J connectivity index is 1.75. The van der Waals surface area contributed by atoms with Crippen LogP contribution in [0.5, 0.6) is 0 Å². The molecule has 3 heteroatoms. The van der Waals surface area contributed by atoms with Crippen molar-refractivity contribution in [3.8, 4) is 0 Å². The summed E-state index contributed by atoms with van der Waals surface area (Å²) in [7, 11) is 0. The molecule has 1 aromatic heterocycles. The van der Waals surface area contributed by atoms with E-state index in [9.17, 15) is 0 Å². The zero-order chi connectivity index (χ0) is 11.0. The van der Waals surface area contributed by atoms with E-state index in [2.05, 4.69) is 34.7 Å².